The van der Waals surface area contributed by atoms with Crippen molar-refractivity contribution in [1.82, 2.24) is 15.0 Å². The van der Waals surface area contributed by atoms with Crippen molar-refractivity contribution in [2.45, 2.75) is 20.1 Å². The number of hydrogen-bond donors (Lipinski definition) is 0. The minimum atomic E-state index is -0.683. The molecule has 0 saturated carbocycles. The van der Waals surface area contributed by atoms with Gasteiger partial charge in [0.25, 0.3) is 17.7 Å². The first-order chi connectivity index (χ1) is 16.0. The summed E-state index contributed by atoms with van der Waals surface area (Å²) < 4.78 is 15.6. The summed E-state index contributed by atoms with van der Waals surface area (Å²) in [4.78, 5) is 43.1. The van der Waals surface area contributed by atoms with Gasteiger partial charge in [-0.3, -0.25) is 14.5 Å². The molecule has 1 aliphatic heterocycles. The predicted octanol–water partition coefficient (Wildman–Crippen LogP) is 3.79. The lowest BCUT2D eigenvalue weighted by Gasteiger charge is -2.11. The highest BCUT2D eigenvalue weighted by atomic mass is 16.6. The minimum Gasteiger partial charge on any atom is -0.467 e. The van der Waals surface area contributed by atoms with Gasteiger partial charge in [0.15, 0.2) is 6.61 Å². The third-order valence-electron chi connectivity index (χ3n) is 5.21. The molecule has 4 aromatic rings. The van der Waals surface area contributed by atoms with Crippen molar-refractivity contribution in [3.63, 3.8) is 0 Å². The summed E-state index contributed by atoms with van der Waals surface area (Å²) in [6.45, 7) is 1.76. The van der Waals surface area contributed by atoms with Crippen LogP contribution in [0.4, 0.5) is 0 Å². The van der Waals surface area contributed by atoms with E-state index in [-0.39, 0.29) is 35.7 Å². The van der Waals surface area contributed by atoms with E-state index >= 15 is 0 Å². The maximum atomic E-state index is 12.7. The van der Waals surface area contributed by atoms with E-state index in [2.05, 4.69) is 10.1 Å². The molecule has 0 aliphatic carbocycles. The summed E-state index contributed by atoms with van der Waals surface area (Å²) in [5, 5.41) is 3.90. The Morgan fingerprint density at radius 2 is 1.82 bits per heavy atom. The van der Waals surface area contributed by atoms with Crippen LogP contribution in [-0.4, -0.2) is 32.8 Å². The van der Waals surface area contributed by atoms with E-state index in [0.717, 1.165) is 16.0 Å². The largest absolute Gasteiger partial charge is 0.467 e. The highest BCUT2D eigenvalue weighted by molar-refractivity contribution is 6.21. The molecule has 0 bridgehead atoms. The first-order valence-corrected chi connectivity index (χ1v) is 10.1. The number of aryl methyl sites for hydroxylation is 1. The van der Waals surface area contributed by atoms with Gasteiger partial charge in [-0.15, -0.1) is 0 Å². The number of benzene rings is 2. The molecule has 33 heavy (non-hydrogen) atoms. The van der Waals surface area contributed by atoms with E-state index in [0.29, 0.717) is 11.6 Å². The number of amides is 2. The summed E-state index contributed by atoms with van der Waals surface area (Å²) in [6, 6.07) is 15.2. The lowest BCUT2D eigenvalue weighted by molar-refractivity contribution is 0.0429. The van der Waals surface area contributed by atoms with Gasteiger partial charge in [-0.25, -0.2) is 4.79 Å². The SMILES string of the molecule is Cc1ccc(-c2noc(COC(=O)c3ccc4c(c3)C(=O)N(Cc3ccco3)C4=O)n2)cc1. The Kier molecular flexibility index (Phi) is 5.06. The monoisotopic (exact) mass is 443 g/mol. The second-order valence-corrected chi connectivity index (χ2v) is 7.49. The number of fused-ring (bicyclic) bond motifs is 1. The Bertz CT molecular complexity index is 1360. The molecule has 5 rings (SSSR count). The highest BCUT2D eigenvalue weighted by Gasteiger charge is 2.36. The van der Waals surface area contributed by atoms with E-state index in [1.54, 1.807) is 12.1 Å². The molecular formula is C24H17N3O6. The Balaban J connectivity index is 1.26. The molecule has 1 aliphatic rings. The standard InChI is InChI=1S/C24H17N3O6/c1-14-4-6-15(7-5-14)21-25-20(33-26-21)13-32-24(30)16-8-9-18-19(11-16)23(29)27(22(18)28)12-17-3-2-10-31-17/h2-11H,12-13H2,1H3. The number of carbonyl (C=O) groups is 3. The normalized spacial score (nSPS) is 12.8. The average molecular weight is 443 g/mol. The van der Waals surface area contributed by atoms with Crippen LogP contribution in [0.15, 0.2) is 69.8 Å². The molecule has 0 atom stereocenters. The molecule has 0 fully saturated rings. The van der Waals surface area contributed by atoms with Gasteiger partial charge in [0, 0.05) is 5.56 Å². The van der Waals surface area contributed by atoms with Gasteiger partial charge in [-0.05, 0) is 37.3 Å². The van der Waals surface area contributed by atoms with Crippen molar-refractivity contribution in [2.24, 2.45) is 0 Å². The van der Waals surface area contributed by atoms with E-state index in [9.17, 15) is 14.4 Å². The van der Waals surface area contributed by atoms with Gasteiger partial charge in [0.05, 0.1) is 29.5 Å². The van der Waals surface area contributed by atoms with Crippen LogP contribution in [0.25, 0.3) is 11.4 Å². The Hall–Kier alpha value is -4.53. The number of imide groups is 1. The fourth-order valence-corrected chi connectivity index (χ4v) is 3.46. The number of esters is 1. The van der Waals surface area contributed by atoms with Crippen molar-refractivity contribution in [3.8, 4) is 11.4 Å². The number of furan rings is 1. The molecule has 3 heterocycles. The molecule has 0 radical (unpaired) electrons. The molecule has 2 aromatic heterocycles. The zero-order valence-corrected chi connectivity index (χ0v) is 17.5. The third kappa shape index (κ3) is 3.91. The predicted molar refractivity (Wildman–Crippen MR) is 113 cm³/mol. The number of aromatic nitrogens is 2. The number of ether oxygens (including phenoxy) is 1. The lowest BCUT2D eigenvalue weighted by atomic mass is 10.1. The Morgan fingerprint density at radius 1 is 1.03 bits per heavy atom. The maximum Gasteiger partial charge on any atom is 0.338 e. The summed E-state index contributed by atoms with van der Waals surface area (Å²) >= 11 is 0. The van der Waals surface area contributed by atoms with Crippen LogP contribution in [-0.2, 0) is 17.9 Å². The quantitative estimate of drug-likeness (QED) is 0.326. The number of nitrogens with zero attached hydrogens (tertiary/aromatic N) is 3. The summed E-state index contributed by atoms with van der Waals surface area (Å²) in [5.74, 6) is -0.622. The number of carbonyl (C=O) groups excluding carboxylic acids is 3. The smallest absolute Gasteiger partial charge is 0.338 e. The molecule has 0 unspecified atom stereocenters. The zero-order chi connectivity index (χ0) is 22.9. The van der Waals surface area contributed by atoms with Crippen molar-refractivity contribution in [3.05, 3.63) is 94.8 Å². The van der Waals surface area contributed by atoms with Crippen molar-refractivity contribution in [1.29, 1.82) is 0 Å². The van der Waals surface area contributed by atoms with E-state index in [4.69, 9.17) is 13.7 Å². The third-order valence-corrected chi connectivity index (χ3v) is 5.21. The van der Waals surface area contributed by atoms with Crippen LogP contribution in [0.3, 0.4) is 0 Å². The fourth-order valence-electron chi connectivity index (χ4n) is 3.46. The highest BCUT2D eigenvalue weighted by Crippen LogP contribution is 2.26. The van der Waals surface area contributed by atoms with Crippen LogP contribution in [0, 0.1) is 6.92 Å². The van der Waals surface area contributed by atoms with Gasteiger partial charge in [0.2, 0.25) is 5.82 Å². The molecule has 2 aromatic carbocycles. The molecule has 9 heteroatoms. The molecule has 9 nitrogen and oxygen atoms in total. The molecule has 2 amide bonds. The topological polar surface area (TPSA) is 116 Å². The Morgan fingerprint density at radius 3 is 2.58 bits per heavy atom. The maximum absolute atomic E-state index is 12.7. The van der Waals surface area contributed by atoms with Gasteiger partial charge in [-0.1, -0.05) is 35.0 Å². The zero-order valence-electron chi connectivity index (χ0n) is 17.5. The van der Waals surface area contributed by atoms with Gasteiger partial charge >= 0.3 is 5.97 Å². The van der Waals surface area contributed by atoms with Crippen LogP contribution >= 0.6 is 0 Å². The first kappa shape index (κ1) is 20.4. The summed E-state index contributed by atoms with van der Waals surface area (Å²) in [5.41, 5.74) is 2.38. The van der Waals surface area contributed by atoms with Crippen molar-refractivity contribution < 1.29 is 28.1 Å². The minimum absolute atomic E-state index is 0.0135. The second-order valence-electron chi connectivity index (χ2n) is 7.49. The lowest BCUT2D eigenvalue weighted by Crippen LogP contribution is -2.28. The molecule has 0 saturated heterocycles. The van der Waals surface area contributed by atoms with Gasteiger partial charge < -0.3 is 13.7 Å². The first-order valence-electron chi connectivity index (χ1n) is 10.1. The summed E-state index contributed by atoms with van der Waals surface area (Å²) in [7, 11) is 0. The van der Waals surface area contributed by atoms with E-state index < -0.39 is 17.8 Å². The van der Waals surface area contributed by atoms with Crippen molar-refractivity contribution in [2.75, 3.05) is 0 Å². The van der Waals surface area contributed by atoms with E-state index in [1.165, 1.54) is 24.5 Å². The van der Waals surface area contributed by atoms with Crippen LogP contribution in [0.2, 0.25) is 0 Å². The average Bonchev–Trinajstić information content (AvgIpc) is 3.56. The molecule has 164 valence electrons. The molecule has 0 spiro atoms. The van der Waals surface area contributed by atoms with Crippen LogP contribution < -0.4 is 0 Å². The summed E-state index contributed by atoms with van der Waals surface area (Å²) in [6.07, 6.45) is 1.47. The van der Waals surface area contributed by atoms with E-state index in [1.807, 2.05) is 31.2 Å². The van der Waals surface area contributed by atoms with Crippen LogP contribution in [0.1, 0.15) is 48.3 Å². The molecule has 0 N–H and O–H groups in total. The van der Waals surface area contributed by atoms with Gasteiger partial charge in [0.1, 0.15) is 5.76 Å². The fraction of sp³-hybridized carbons (Fsp3) is 0.125. The Labute approximate surface area is 187 Å². The molecular weight excluding hydrogens is 426 g/mol. The van der Waals surface area contributed by atoms with Crippen molar-refractivity contribution >= 4 is 17.8 Å². The van der Waals surface area contributed by atoms with Crippen LogP contribution in [0.5, 0.6) is 0 Å². The second kappa shape index (κ2) is 8.19. The number of rotatable bonds is 6. The van der Waals surface area contributed by atoms with Gasteiger partial charge in [-0.2, -0.15) is 4.98 Å². The number of hydrogen-bond acceptors (Lipinski definition) is 8.